The van der Waals surface area contributed by atoms with Crippen molar-refractivity contribution in [2.45, 2.75) is 33.2 Å². The standard InChI is InChI=1S/C14H21N3OS/c1-9(2)17-13(18)6-7-16-11-4-5-12(14(15)19)10(3)8-11/h4-5,8-9,16H,6-7H2,1-3H3,(H2,15,19)(H,17,18). The summed E-state index contributed by atoms with van der Waals surface area (Å²) in [5.41, 5.74) is 8.50. The number of carbonyl (C=O) groups is 1. The first-order chi connectivity index (χ1) is 8.90. The molecule has 0 heterocycles. The van der Waals surface area contributed by atoms with E-state index in [1.807, 2.05) is 39.0 Å². The third-order valence-electron chi connectivity index (χ3n) is 2.62. The fourth-order valence-corrected chi connectivity index (χ4v) is 1.99. The van der Waals surface area contributed by atoms with Crippen molar-refractivity contribution < 1.29 is 4.79 Å². The van der Waals surface area contributed by atoms with Gasteiger partial charge < -0.3 is 16.4 Å². The Balaban J connectivity index is 2.48. The number of carbonyl (C=O) groups excluding carboxylic acids is 1. The maximum Gasteiger partial charge on any atom is 0.221 e. The smallest absolute Gasteiger partial charge is 0.221 e. The summed E-state index contributed by atoms with van der Waals surface area (Å²) in [5.74, 6) is 0.0546. The van der Waals surface area contributed by atoms with E-state index >= 15 is 0 Å². The van der Waals surface area contributed by atoms with Crippen LogP contribution < -0.4 is 16.4 Å². The number of aryl methyl sites for hydroxylation is 1. The summed E-state index contributed by atoms with van der Waals surface area (Å²) < 4.78 is 0. The number of amides is 1. The van der Waals surface area contributed by atoms with Crippen LogP contribution in [0.3, 0.4) is 0 Å². The van der Waals surface area contributed by atoms with Crippen LogP contribution in [0.5, 0.6) is 0 Å². The first-order valence-electron chi connectivity index (χ1n) is 6.34. The van der Waals surface area contributed by atoms with Crippen LogP contribution in [-0.2, 0) is 4.79 Å². The van der Waals surface area contributed by atoms with Gasteiger partial charge in [0.25, 0.3) is 0 Å². The van der Waals surface area contributed by atoms with Gasteiger partial charge in [-0.1, -0.05) is 12.2 Å². The van der Waals surface area contributed by atoms with E-state index in [-0.39, 0.29) is 11.9 Å². The van der Waals surface area contributed by atoms with Gasteiger partial charge >= 0.3 is 0 Å². The number of hydrogen-bond acceptors (Lipinski definition) is 3. The molecule has 0 saturated carbocycles. The molecule has 5 heteroatoms. The second kappa shape index (κ2) is 7.09. The molecule has 1 amide bonds. The van der Waals surface area contributed by atoms with Crippen LogP contribution in [-0.4, -0.2) is 23.5 Å². The van der Waals surface area contributed by atoms with Crippen LogP contribution in [0.4, 0.5) is 5.69 Å². The molecule has 1 aromatic rings. The fraction of sp³-hybridized carbons (Fsp3) is 0.429. The Morgan fingerprint density at radius 3 is 2.63 bits per heavy atom. The van der Waals surface area contributed by atoms with Gasteiger partial charge in [-0.25, -0.2) is 0 Å². The van der Waals surface area contributed by atoms with Gasteiger partial charge in [0.05, 0.1) is 0 Å². The SMILES string of the molecule is Cc1cc(NCCC(=O)NC(C)C)ccc1C(N)=S. The average molecular weight is 279 g/mol. The van der Waals surface area contributed by atoms with Gasteiger partial charge in [-0.2, -0.15) is 0 Å². The summed E-state index contributed by atoms with van der Waals surface area (Å²) in [6.45, 7) is 6.46. The third kappa shape index (κ3) is 5.26. The minimum Gasteiger partial charge on any atom is -0.389 e. The van der Waals surface area contributed by atoms with Crippen molar-refractivity contribution >= 4 is 28.8 Å². The number of hydrogen-bond donors (Lipinski definition) is 3. The number of nitrogens with one attached hydrogen (secondary N) is 2. The summed E-state index contributed by atoms with van der Waals surface area (Å²) in [6.07, 6.45) is 0.453. The lowest BCUT2D eigenvalue weighted by atomic mass is 10.1. The molecule has 0 aromatic heterocycles. The van der Waals surface area contributed by atoms with E-state index < -0.39 is 0 Å². The molecule has 4 N–H and O–H groups in total. The molecule has 0 bridgehead atoms. The Bertz CT molecular complexity index is 472. The van der Waals surface area contributed by atoms with Crippen molar-refractivity contribution in [2.75, 3.05) is 11.9 Å². The van der Waals surface area contributed by atoms with E-state index in [4.69, 9.17) is 18.0 Å². The molecule has 104 valence electrons. The molecular weight excluding hydrogens is 258 g/mol. The number of benzene rings is 1. The first kappa shape index (κ1) is 15.4. The quantitative estimate of drug-likeness (QED) is 0.696. The molecule has 0 radical (unpaired) electrons. The maximum absolute atomic E-state index is 11.5. The summed E-state index contributed by atoms with van der Waals surface area (Å²) in [4.78, 5) is 11.9. The Morgan fingerprint density at radius 1 is 1.42 bits per heavy atom. The van der Waals surface area contributed by atoms with Gasteiger partial charge in [-0.3, -0.25) is 4.79 Å². The zero-order valence-corrected chi connectivity index (χ0v) is 12.4. The van der Waals surface area contributed by atoms with Crippen molar-refractivity contribution in [1.29, 1.82) is 0 Å². The van der Waals surface area contributed by atoms with E-state index in [2.05, 4.69) is 10.6 Å². The van der Waals surface area contributed by atoms with Gasteiger partial charge in [0, 0.05) is 30.3 Å². The lowest BCUT2D eigenvalue weighted by Crippen LogP contribution is -2.31. The van der Waals surface area contributed by atoms with E-state index in [1.54, 1.807) is 0 Å². The van der Waals surface area contributed by atoms with Gasteiger partial charge in [0.1, 0.15) is 4.99 Å². The monoisotopic (exact) mass is 279 g/mol. The normalized spacial score (nSPS) is 10.3. The van der Waals surface area contributed by atoms with E-state index in [0.717, 1.165) is 16.8 Å². The minimum atomic E-state index is 0.0546. The first-order valence-corrected chi connectivity index (χ1v) is 6.74. The Morgan fingerprint density at radius 2 is 2.11 bits per heavy atom. The third-order valence-corrected chi connectivity index (χ3v) is 2.84. The highest BCUT2D eigenvalue weighted by atomic mass is 32.1. The van der Waals surface area contributed by atoms with Gasteiger partial charge in [0.2, 0.25) is 5.91 Å². The lowest BCUT2D eigenvalue weighted by molar-refractivity contribution is -0.121. The van der Waals surface area contributed by atoms with Crippen molar-refractivity contribution in [3.8, 4) is 0 Å². The van der Waals surface area contributed by atoms with Crippen molar-refractivity contribution in [1.82, 2.24) is 5.32 Å². The average Bonchev–Trinajstić information content (AvgIpc) is 2.27. The van der Waals surface area contributed by atoms with Gasteiger partial charge in [0.15, 0.2) is 0 Å². The Hall–Kier alpha value is -1.62. The number of thiocarbonyl (C=S) groups is 1. The van der Waals surface area contributed by atoms with Gasteiger partial charge in [-0.05, 0) is 44.5 Å². The molecule has 0 aliphatic rings. The Kier molecular flexibility index (Phi) is 5.76. The molecule has 0 saturated heterocycles. The Labute approximate surface area is 119 Å². The summed E-state index contributed by atoms with van der Waals surface area (Å²) in [6, 6.07) is 5.98. The van der Waals surface area contributed by atoms with Crippen LogP contribution in [0.2, 0.25) is 0 Å². The molecule has 4 nitrogen and oxygen atoms in total. The minimum absolute atomic E-state index is 0.0546. The summed E-state index contributed by atoms with van der Waals surface area (Å²) in [7, 11) is 0. The van der Waals surface area contributed by atoms with Crippen molar-refractivity contribution in [2.24, 2.45) is 5.73 Å². The molecular formula is C14H21N3OS. The van der Waals surface area contributed by atoms with Crippen LogP contribution in [0.1, 0.15) is 31.4 Å². The zero-order chi connectivity index (χ0) is 14.4. The highest BCUT2D eigenvalue weighted by molar-refractivity contribution is 7.80. The molecule has 0 fully saturated rings. The second-order valence-electron chi connectivity index (χ2n) is 4.79. The summed E-state index contributed by atoms with van der Waals surface area (Å²) >= 11 is 4.96. The van der Waals surface area contributed by atoms with Crippen LogP contribution in [0.15, 0.2) is 18.2 Å². The predicted octanol–water partition coefficient (Wildman–Crippen LogP) is 1.96. The fourth-order valence-electron chi connectivity index (χ4n) is 1.76. The molecule has 0 spiro atoms. The van der Waals surface area contributed by atoms with Crippen molar-refractivity contribution in [3.63, 3.8) is 0 Å². The molecule has 0 atom stereocenters. The molecule has 0 aliphatic carbocycles. The number of anilines is 1. The molecule has 1 rings (SSSR count). The lowest BCUT2D eigenvalue weighted by Gasteiger charge is -2.11. The predicted molar refractivity (Wildman–Crippen MR) is 83.5 cm³/mol. The maximum atomic E-state index is 11.5. The highest BCUT2D eigenvalue weighted by Crippen LogP contribution is 2.15. The molecule has 0 unspecified atom stereocenters. The molecule has 19 heavy (non-hydrogen) atoms. The molecule has 0 aliphatic heterocycles. The van der Waals surface area contributed by atoms with Crippen LogP contribution in [0, 0.1) is 6.92 Å². The van der Waals surface area contributed by atoms with E-state index in [9.17, 15) is 4.79 Å². The van der Waals surface area contributed by atoms with E-state index in [1.165, 1.54) is 0 Å². The summed E-state index contributed by atoms with van der Waals surface area (Å²) in [5, 5.41) is 6.06. The van der Waals surface area contributed by atoms with Gasteiger partial charge in [-0.15, -0.1) is 0 Å². The number of nitrogens with two attached hydrogens (primary N) is 1. The largest absolute Gasteiger partial charge is 0.389 e. The van der Waals surface area contributed by atoms with Crippen LogP contribution in [0.25, 0.3) is 0 Å². The topological polar surface area (TPSA) is 67.2 Å². The van der Waals surface area contributed by atoms with E-state index in [0.29, 0.717) is 18.0 Å². The number of rotatable bonds is 6. The van der Waals surface area contributed by atoms with Crippen LogP contribution >= 0.6 is 12.2 Å². The second-order valence-corrected chi connectivity index (χ2v) is 5.23. The zero-order valence-electron chi connectivity index (χ0n) is 11.6. The molecule has 1 aromatic carbocycles. The highest BCUT2D eigenvalue weighted by Gasteiger charge is 2.04. The van der Waals surface area contributed by atoms with Crippen molar-refractivity contribution in [3.05, 3.63) is 29.3 Å².